The van der Waals surface area contributed by atoms with Crippen molar-refractivity contribution in [2.24, 2.45) is 0 Å². The molecule has 0 atom stereocenters. The van der Waals surface area contributed by atoms with Crippen LogP contribution >= 0.6 is 0 Å². The van der Waals surface area contributed by atoms with Crippen molar-refractivity contribution < 1.29 is 19.6 Å². The minimum Gasteiger partial charge on any atom is -0.550 e. The van der Waals surface area contributed by atoms with Gasteiger partial charge >= 0.3 is 0 Å². The molecule has 0 bridgehead atoms. The number of hydrogen-bond donors (Lipinski definition) is 1. The van der Waals surface area contributed by atoms with Crippen molar-refractivity contribution in [1.29, 1.82) is 0 Å². The summed E-state index contributed by atoms with van der Waals surface area (Å²) in [5.41, 5.74) is 0.589. The number of carbonyl (C=O) groups is 1. The first kappa shape index (κ1) is 10.7. The first-order valence-corrected chi connectivity index (χ1v) is 4.45. The molecule has 0 aliphatic heterocycles. The highest BCUT2D eigenvalue weighted by molar-refractivity contribution is 5.64. The molecule has 1 aromatic carbocycles. The molecule has 14 heavy (non-hydrogen) atoms. The number of hydrogen-bond acceptors (Lipinski definition) is 2. The number of carbonyl (C=O) groups excluding carboxylic acids is 1. The maximum absolute atomic E-state index is 13.0. The minimum absolute atomic E-state index is 0.00550. The molecule has 76 valence electrons. The van der Waals surface area contributed by atoms with Crippen LogP contribution < -0.4 is 10.4 Å². The SMILES string of the molecule is O=C([O-])CC[NH2+]Cc1ccccc1F. The summed E-state index contributed by atoms with van der Waals surface area (Å²) in [4.78, 5) is 10.1. The third kappa shape index (κ3) is 3.53. The number of rotatable bonds is 5. The second-order valence-corrected chi connectivity index (χ2v) is 2.99. The van der Waals surface area contributed by atoms with E-state index in [1.54, 1.807) is 23.5 Å². The van der Waals surface area contributed by atoms with Gasteiger partial charge in [-0.2, -0.15) is 0 Å². The normalized spacial score (nSPS) is 10.1. The van der Waals surface area contributed by atoms with Gasteiger partial charge in [-0.1, -0.05) is 18.2 Å². The maximum atomic E-state index is 13.0. The average molecular weight is 197 g/mol. The summed E-state index contributed by atoms with van der Waals surface area (Å²) in [5.74, 6) is -1.33. The van der Waals surface area contributed by atoms with E-state index in [1.807, 2.05) is 0 Å². The molecule has 0 radical (unpaired) electrons. The van der Waals surface area contributed by atoms with Crippen molar-refractivity contribution >= 4 is 5.97 Å². The molecule has 0 amide bonds. The Hall–Kier alpha value is -1.42. The van der Waals surface area contributed by atoms with E-state index < -0.39 is 5.97 Å². The number of nitrogens with two attached hydrogens (primary N) is 1. The lowest BCUT2D eigenvalue weighted by Gasteiger charge is -2.03. The van der Waals surface area contributed by atoms with Gasteiger partial charge < -0.3 is 15.2 Å². The fourth-order valence-corrected chi connectivity index (χ4v) is 1.14. The zero-order valence-corrected chi connectivity index (χ0v) is 7.70. The lowest BCUT2D eigenvalue weighted by molar-refractivity contribution is -0.670. The number of quaternary nitrogens is 1. The van der Waals surface area contributed by atoms with Gasteiger partial charge in [0, 0.05) is 18.0 Å². The highest BCUT2D eigenvalue weighted by Crippen LogP contribution is 2.03. The third-order valence-corrected chi connectivity index (χ3v) is 1.87. The molecule has 0 heterocycles. The van der Waals surface area contributed by atoms with Crippen molar-refractivity contribution in [2.75, 3.05) is 6.54 Å². The Balaban J connectivity index is 2.31. The Kier molecular flexibility index (Phi) is 4.07. The predicted octanol–water partition coefficient (Wildman–Crippen LogP) is -0.971. The standard InChI is InChI=1S/C10H12FNO2/c11-9-4-2-1-3-8(9)7-12-6-5-10(13)14/h1-4,12H,5-7H2,(H,13,14). The van der Waals surface area contributed by atoms with E-state index in [0.717, 1.165) is 0 Å². The Morgan fingerprint density at radius 1 is 1.43 bits per heavy atom. The van der Waals surface area contributed by atoms with Crippen LogP contribution in [0.1, 0.15) is 12.0 Å². The largest absolute Gasteiger partial charge is 0.550 e. The van der Waals surface area contributed by atoms with E-state index in [4.69, 9.17) is 0 Å². The van der Waals surface area contributed by atoms with Crippen LogP contribution in [0.25, 0.3) is 0 Å². The lowest BCUT2D eigenvalue weighted by atomic mass is 10.2. The van der Waals surface area contributed by atoms with E-state index in [0.29, 0.717) is 18.7 Å². The van der Waals surface area contributed by atoms with Crippen LogP contribution in [-0.2, 0) is 11.3 Å². The zero-order valence-electron chi connectivity index (χ0n) is 7.70. The molecule has 0 fully saturated rings. The van der Waals surface area contributed by atoms with Gasteiger partial charge in [-0.3, -0.25) is 0 Å². The maximum Gasteiger partial charge on any atom is 0.132 e. The summed E-state index contributed by atoms with van der Waals surface area (Å²) >= 11 is 0. The van der Waals surface area contributed by atoms with Gasteiger partial charge in [0.25, 0.3) is 0 Å². The van der Waals surface area contributed by atoms with E-state index in [-0.39, 0.29) is 12.2 Å². The Morgan fingerprint density at radius 3 is 2.79 bits per heavy atom. The summed E-state index contributed by atoms with van der Waals surface area (Å²) < 4.78 is 13.0. The fraction of sp³-hybridized carbons (Fsp3) is 0.300. The molecule has 0 saturated carbocycles. The van der Waals surface area contributed by atoms with Crippen LogP contribution in [0.3, 0.4) is 0 Å². The molecule has 0 aliphatic rings. The van der Waals surface area contributed by atoms with Crippen LogP contribution in [0.2, 0.25) is 0 Å². The van der Waals surface area contributed by atoms with Crippen molar-refractivity contribution in [3.05, 3.63) is 35.6 Å². The van der Waals surface area contributed by atoms with Crippen molar-refractivity contribution in [3.63, 3.8) is 0 Å². The number of benzene rings is 1. The van der Waals surface area contributed by atoms with Gasteiger partial charge in [0.05, 0.1) is 6.54 Å². The molecule has 0 aromatic heterocycles. The monoisotopic (exact) mass is 197 g/mol. The molecule has 4 heteroatoms. The number of aliphatic carboxylic acids is 1. The summed E-state index contributed by atoms with van der Waals surface area (Å²) in [5, 5.41) is 11.8. The first-order valence-electron chi connectivity index (χ1n) is 4.45. The average Bonchev–Trinajstić information content (AvgIpc) is 2.15. The molecule has 1 aromatic rings. The van der Waals surface area contributed by atoms with E-state index in [9.17, 15) is 14.3 Å². The fourth-order valence-electron chi connectivity index (χ4n) is 1.14. The van der Waals surface area contributed by atoms with Crippen LogP contribution in [0.15, 0.2) is 24.3 Å². The van der Waals surface area contributed by atoms with Crippen LogP contribution in [0.4, 0.5) is 4.39 Å². The summed E-state index contributed by atoms with van der Waals surface area (Å²) in [6.45, 7) is 0.872. The van der Waals surface area contributed by atoms with Crippen LogP contribution in [0.5, 0.6) is 0 Å². The molecule has 1 rings (SSSR count). The molecule has 2 N–H and O–H groups in total. The topological polar surface area (TPSA) is 56.7 Å². The minimum atomic E-state index is -1.07. The summed E-state index contributed by atoms with van der Waals surface area (Å²) in [6.07, 6.45) is -0.00550. The second kappa shape index (κ2) is 5.34. The number of halogens is 1. The Labute approximate surface area is 81.6 Å². The van der Waals surface area contributed by atoms with Gasteiger partial charge in [-0.15, -0.1) is 0 Å². The summed E-state index contributed by atoms with van der Waals surface area (Å²) in [7, 11) is 0. The van der Waals surface area contributed by atoms with Gasteiger partial charge in [-0.25, -0.2) is 4.39 Å². The molecule has 0 unspecified atom stereocenters. The lowest BCUT2D eigenvalue weighted by Crippen LogP contribution is -2.83. The molecular weight excluding hydrogens is 185 g/mol. The molecule has 3 nitrogen and oxygen atoms in total. The number of carboxylic acids is 1. The van der Waals surface area contributed by atoms with Gasteiger partial charge in [0.1, 0.15) is 12.4 Å². The Morgan fingerprint density at radius 2 is 2.14 bits per heavy atom. The van der Waals surface area contributed by atoms with Crippen LogP contribution in [-0.4, -0.2) is 12.5 Å². The van der Waals surface area contributed by atoms with Crippen LogP contribution in [0, 0.1) is 5.82 Å². The van der Waals surface area contributed by atoms with Crippen molar-refractivity contribution in [1.82, 2.24) is 0 Å². The predicted molar refractivity (Wildman–Crippen MR) is 46.5 cm³/mol. The first-order chi connectivity index (χ1) is 6.70. The molecular formula is C10H12FNO2. The summed E-state index contributed by atoms with van der Waals surface area (Å²) in [6, 6.07) is 6.46. The van der Waals surface area contributed by atoms with Gasteiger partial charge in [0.2, 0.25) is 0 Å². The molecule has 0 aliphatic carbocycles. The van der Waals surface area contributed by atoms with Crippen molar-refractivity contribution in [3.8, 4) is 0 Å². The smallest absolute Gasteiger partial charge is 0.132 e. The molecule has 0 spiro atoms. The highest BCUT2D eigenvalue weighted by Gasteiger charge is 2.01. The van der Waals surface area contributed by atoms with E-state index in [1.165, 1.54) is 6.07 Å². The highest BCUT2D eigenvalue weighted by atomic mass is 19.1. The van der Waals surface area contributed by atoms with Gasteiger partial charge in [0.15, 0.2) is 0 Å². The van der Waals surface area contributed by atoms with Crippen molar-refractivity contribution in [2.45, 2.75) is 13.0 Å². The van der Waals surface area contributed by atoms with E-state index in [2.05, 4.69) is 0 Å². The number of carboxylic acid groups (broad SMARTS) is 1. The zero-order chi connectivity index (χ0) is 10.4. The van der Waals surface area contributed by atoms with Gasteiger partial charge in [-0.05, 0) is 6.07 Å². The van der Waals surface area contributed by atoms with E-state index >= 15 is 0 Å². The molecule has 0 saturated heterocycles. The Bertz CT molecular complexity index is 315. The second-order valence-electron chi connectivity index (χ2n) is 2.99. The quantitative estimate of drug-likeness (QED) is 0.617. The third-order valence-electron chi connectivity index (χ3n) is 1.87.